The third kappa shape index (κ3) is 9.98. The molecule has 1 atom stereocenters. The van der Waals surface area contributed by atoms with Gasteiger partial charge >= 0.3 is 5.97 Å². The maximum absolute atomic E-state index is 12.0. The smallest absolute Gasteiger partial charge is 0.306 e. The van der Waals surface area contributed by atoms with Crippen LogP contribution in [0.4, 0.5) is 0 Å². The summed E-state index contributed by atoms with van der Waals surface area (Å²) in [6.07, 6.45) is 10.9. The van der Waals surface area contributed by atoms with Gasteiger partial charge in [0, 0.05) is 6.42 Å². The van der Waals surface area contributed by atoms with E-state index in [-0.39, 0.29) is 12.1 Å². The van der Waals surface area contributed by atoms with Crippen LogP contribution < -0.4 is 0 Å². The number of carbonyl (C=O) groups excluding carboxylic acids is 1. The first kappa shape index (κ1) is 18.5. The molecule has 0 spiro atoms. The molecule has 0 aliphatic heterocycles. The Balaban J connectivity index is 4.13. The number of hydrogen-bond acceptors (Lipinski definition) is 2. The van der Waals surface area contributed by atoms with E-state index in [0.29, 0.717) is 12.3 Å². The standard InChI is InChI=1S/C17H34O2/c1-5-9-13-16(12-8-4)19-17(18)14-15(10-6-2)11-7-3/h15-16H,5-14H2,1-4H3. The van der Waals surface area contributed by atoms with Crippen molar-refractivity contribution in [2.75, 3.05) is 0 Å². The van der Waals surface area contributed by atoms with Crippen molar-refractivity contribution >= 4 is 5.97 Å². The van der Waals surface area contributed by atoms with Crippen molar-refractivity contribution in [2.45, 2.75) is 98.0 Å². The van der Waals surface area contributed by atoms with E-state index < -0.39 is 0 Å². The SMILES string of the molecule is CCCCC(CCC)OC(=O)CC(CCC)CCC. The lowest BCUT2D eigenvalue weighted by molar-refractivity contribution is -0.151. The van der Waals surface area contributed by atoms with Gasteiger partial charge in [0.15, 0.2) is 0 Å². The predicted octanol–water partition coefficient (Wildman–Crippen LogP) is 5.50. The van der Waals surface area contributed by atoms with Crippen LogP contribution in [0.3, 0.4) is 0 Å². The highest BCUT2D eigenvalue weighted by molar-refractivity contribution is 5.69. The summed E-state index contributed by atoms with van der Waals surface area (Å²) in [6, 6.07) is 0. The predicted molar refractivity (Wildman–Crippen MR) is 82.2 cm³/mol. The summed E-state index contributed by atoms with van der Waals surface area (Å²) < 4.78 is 5.68. The van der Waals surface area contributed by atoms with E-state index in [1.54, 1.807) is 0 Å². The summed E-state index contributed by atoms with van der Waals surface area (Å²) in [4.78, 5) is 12.0. The van der Waals surface area contributed by atoms with E-state index in [0.717, 1.165) is 51.4 Å². The highest BCUT2D eigenvalue weighted by Gasteiger charge is 2.17. The molecule has 0 saturated carbocycles. The number of hydrogen-bond donors (Lipinski definition) is 0. The molecule has 0 N–H and O–H groups in total. The normalized spacial score (nSPS) is 12.7. The van der Waals surface area contributed by atoms with E-state index in [1.807, 2.05) is 0 Å². The Hall–Kier alpha value is -0.530. The molecule has 0 bridgehead atoms. The fraction of sp³-hybridized carbons (Fsp3) is 0.941. The zero-order valence-electron chi connectivity index (χ0n) is 13.5. The fourth-order valence-electron chi connectivity index (χ4n) is 2.65. The van der Waals surface area contributed by atoms with Crippen molar-refractivity contribution < 1.29 is 9.53 Å². The van der Waals surface area contributed by atoms with Gasteiger partial charge in [0.1, 0.15) is 6.10 Å². The van der Waals surface area contributed by atoms with E-state index in [4.69, 9.17) is 4.74 Å². The maximum Gasteiger partial charge on any atom is 0.306 e. The molecule has 0 fully saturated rings. The lowest BCUT2D eigenvalue weighted by atomic mass is 9.95. The minimum absolute atomic E-state index is 0.0291. The Kier molecular flexibility index (Phi) is 12.2. The van der Waals surface area contributed by atoms with Crippen LogP contribution in [0, 0.1) is 5.92 Å². The summed E-state index contributed by atoms with van der Waals surface area (Å²) in [5.41, 5.74) is 0. The Morgan fingerprint density at radius 2 is 1.42 bits per heavy atom. The van der Waals surface area contributed by atoms with Crippen molar-refractivity contribution in [1.29, 1.82) is 0 Å². The molecule has 0 saturated heterocycles. The Morgan fingerprint density at radius 3 is 1.89 bits per heavy atom. The molecule has 0 amide bonds. The van der Waals surface area contributed by atoms with Gasteiger partial charge in [-0.1, -0.05) is 72.6 Å². The number of unbranched alkanes of at least 4 members (excludes halogenated alkanes) is 1. The molecule has 0 heterocycles. The topological polar surface area (TPSA) is 26.3 Å². The molecule has 0 aromatic carbocycles. The van der Waals surface area contributed by atoms with Crippen molar-refractivity contribution in [3.05, 3.63) is 0 Å². The first-order chi connectivity index (χ1) is 9.17. The Morgan fingerprint density at radius 1 is 0.842 bits per heavy atom. The second-order valence-corrected chi connectivity index (χ2v) is 5.69. The van der Waals surface area contributed by atoms with Gasteiger partial charge in [-0.25, -0.2) is 0 Å². The molecule has 0 aromatic rings. The van der Waals surface area contributed by atoms with Gasteiger partial charge < -0.3 is 4.74 Å². The molecule has 2 heteroatoms. The minimum Gasteiger partial charge on any atom is -0.462 e. The van der Waals surface area contributed by atoms with Crippen LogP contribution in [-0.2, 0) is 9.53 Å². The van der Waals surface area contributed by atoms with Gasteiger partial charge in [-0.05, 0) is 18.8 Å². The highest BCUT2D eigenvalue weighted by atomic mass is 16.5. The minimum atomic E-state index is 0.0291. The fourth-order valence-corrected chi connectivity index (χ4v) is 2.65. The second kappa shape index (κ2) is 12.5. The monoisotopic (exact) mass is 270 g/mol. The highest BCUT2D eigenvalue weighted by Crippen LogP contribution is 2.20. The van der Waals surface area contributed by atoms with Gasteiger partial charge in [0.05, 0.1) is 0 Å². The molecule has 0 aromatic heterocycles. The first-order valence-corrected chi connectivity index (χ1v) is 8.37. The van der Waals surface area contributed by atoms with E-state index in [1.165, 1.54) is 6.42 Å². The molecule has 2 nitrogen and oxygen atoms in total. The Bertz CT molecular complexity index is 207. The zero-order chi connectivity index (χ0) is 14.5. The van der Waals surface area contributed by atoms with Crippen molar-refractivity contribution in [3.8, 4) is 0 Å². The molecular formula is C17H34O2. The summed E-state index contributed by atoms with van der Waals surface area (Å²) in [5.74, 6) is 0.553. The van der Waals surface area contributed by atoms with Gasteiger partial charge in [-0.3, -0.25) is 4.79 Å². The number of carbonyl (C=O) groups is 1. The van der Waals surface area contributed by atoms with Crippen LogP contribution in [0.15, 0.2) is 0 Å². The molecule has 19 heavy (non-hydrogen) atoms. The summed E-state index contributed by atoms with van der Waals surface area (Å²) >= 11 is 0. The summed E-state index contributed by atoms with van der Waals surface area (Å²) in [6.45, 7) is 8.72. The van der Waals surface area contributed by atoms with Gasteiger partial charge in [0.25, 0.3) is 0 Å². The van der Waals surface area contributed by atoms with Crippen molar-refractivity contribution in [2.24, 2.45) is 5.92 Å². The molecule has 0 aliphatic carbocycles. The average molecular weight is 270 g/mol. The molecule has 0 radical (unpaired) electrons. The van der Waals surface area contributed by atoms with Crippen LogP contribution in [-0.4, -0.2) is 12.1 Å². The van der Waals surface area contributed by atoms with Gasteiger partial charge in [0.2, 0.25) is 0 Å². The molecule has 1 unspecified atom stereocenters. The molecule has 114 valence electrons. The van der Waals surface area contributed by atoms with Crippen LogP contribution in [0.5, 0.6) is 0 Å². The van der Waals surface area contributed by atoms with E-state index in [2.05, 4.69) is 27.7 Å². The molecule has 0 aliphatic rings. The molecular weight excluding hydrogens is 236 g/mol. The van der Waals surface area contributed by atoms with Gasteiger partial charge in [-0.15, -0.1) is 0 Å². The van der Waals surface area contributed by atoms with E-state index in [9.17, 15) is 4.79 Å². The maximum atomic E-state index is 12.0. The third-order valence-corrected chi connectivity index (χ3v) is 3.64. The van der Waals surface area contributed by atoms with Crippen LogP contribution in [0.2, 0.25) is 0 Å². The Labute approximate surface area is 120 Å². The second-order valence-electron chi connectivity index (χ2n) is 5.69. The number of rotatable bonds is 12. The largest absolute Gasteiger partial charge is 0.462 e. The first-order valence-electron chi connectivity index (χ1n) is 8.37. The third-order valence-electron chi connectivity index (χ3n) is 3.64. The lowest BCUT2D eigenvalue weighted by Crippen LogP contribution is -2.20. The number of ether oxygens (including phenoxy) is 1. The van der Waals surface area contributed by atoms with Crippen LogP contribution >= 0.6 is 0 Å². The summed E-state index contributed by atoms with van der Waals surface area (Å²) in [5, 5.41) is 0. The van der Waals surface area contributed by atoms with Gasteiger partial charge in [-0.2, -0.15) is 0 Å². The number of esters is 1. The lowest BCUT2D eigenvalue weighted by Gasteiger charge is -2.20. The zero-order valence-corrected chi connectivity index (χ0v) is 13.5. The van der Waals surface area contributed by atoms with Crippen molar-refractivity contribution in [1.82, 2.24) is 0 Å². The van der Waals surface area contributed by atoms with Crippen molar-refractivity contribution in [3.63, 3.8) is 0 Å². The van der Waals surface area contributed by atoms with Crippen LogP contribution in [0.1, 0.15) is 91.9 Å². The van der Waals surface area contributed by atoms with Crippen LogP contribution in [0.25, 0.3) is 0 Å². The van der Waals surface area contributed by atoms with E-state index >= 15 is 0 Å². The molecule has 0 rings (SSSR count). The quantitative estimate of drug-likeness (QED) is 0.438. The average Bonchev–Trinajstić information content (AvgIpc) is 2.36. The summed E-state index contributed by atoms with van der Waals surface area (Å²) in [7, 11) is 0.